The van der Waals surface area contributed by atoms with Gasteiger partial charge in [0, 0.05) is 18.7 Å². The number of hydrogen-bond acceptors (Lipinski definition) is 3. The van der Waals surface area contributed by atoms with Crippen LogP contribution in [0.15, 0.2) is 30.3 Å². The fourth-order valence-electron chi connectivity index (χ4n) is 2.51. The molecule has 2 rings (SSSR count). The highest BCUT2D eigenvalue weighted by atomic mass is 19.3. The van der Waals surface area contributed by atoms with Crippen LogP contribution < -0.4 is 0 Å². The minimum Gasteiger partial charge on any atom is -0.394 e. The lowest BCUT2D eigenvalue weighted by molar-refractivity contribution is -0.0608. The van der Waals surface area contributed by atoms with Gasteiger partial charge in [-0.3, -0.25) is 4.90 Å². The van der Waals surface area contributed by atoms with Crippen molar-refractivity contribution >= 4 is 0 Å². The Bertz CT molecular complexity index is 392. The van der Waals surface area contributed by atoms with Crippen molar-refractivity contribution in [2.75, 3.05) is 32.8 Å². The standard InChI is InChI=1S/C15H21F2NO2/c16-15(17,13-4-2-1-3-5-13)12-18-8-6-14(7-9-18)20-11-10-19/h1-5,14,19H,6-12H2. The molecule has 0 spiro atoms. The van der Waals surface area contributed by atoms with Gasteiger partial charge in [-0.05, 0) is 12.8 Å². The molecule has 1 aromatic carbocycles. The molecule has 0 unspecified atom stereocenters. The van der Waals surface area contributed by atoms with Crippen LogP contribution in [0.25, 0.3) is 0 Å². The number of rotatable bonds is 6. The number of nitrogens with zero attached hydrogens (tertiary/aromatic N) is 1. The first-order valence-corrected chi connectivity index (χ1v) is 7.00. The van der Waals surface area contributed by atoms with Crippen LogP contribution in [0.2, 0.25) is 0 Å². The molecule has 20 heavy (non-hydrogen) atoms. The average molecular weight is 285 g/mol. The summed E-state index contributed by atoms with van der Waals surface area (Å²) in [4.78, 5) is 1.78. The predicted octanol–water partition coefficient (Wildman–Crippen LogP) is 2.25. The summed E-state index contributed by atoms with van der Waals surface area (Å²) < 4.78 is 33.7. The number of ether oxygens (including phenoxy) is 1. The third-order valence-electron chi connectivity index (χ3n) is 3.60. The van der Waals surface area contributed by atoms with E-state index >= 15 is 0 Å². The van der Waals surface area contributed by atoms with E-state index in [0.717, 1.165) is 12.8 Å². The molecule has 1 fully saturated rings. The number of hydrogen-bond donors (Lipinski definition) is 1. The molecule has 0 atom stereocenters. The monoisotopic (exact) mass is 285 g/mol. The van der Waals surface area contributed by atoms with E-state index in [1.807, 2.05) is 0 Å². The van der Waals surface area contributed by atoms with Crippen molar-refractivity contribution in [2.45, 2.75) is 24.9 Å². The van der Waals surface area contributed by atoms with Crippen molar-refractivity contribution in [1.82, 2.24) is 4.90 Å². The fraction of sp³-hybridized carbons (Fsp3) is 0.600. The predicted molar refractivity (Wildman–Crippen MR) is 72.8 cm³/mol. The summed E-state index contributed by atoms with van der Waals surface area (Å²) in [6.45, 7) is 1.30. The van der Waals surface area contributed by atoms with Crippen LogP contribution in [0.3, 0.4) is 0 Å². The first-order chi connectivity index (χ1) is 9.62. The third-order valence-corrected chi connectivity index (χ3v) is 3.60. The van der Waals surface area contributed by atoms with Crippen LogP contribution in [-0.4, -0.2) is 49.0 Å². The van der Waals surface area contributed by atoms with Crippen molar-refractivity contribution in [3.63, 3.8) is 0 Å². The van der Waals surface area contributed by atoms with Gasteiger partial charge in [0.1, 0.15) is 0 Å². The molecule has 1 aliphatic heterocycles. The van der Waals surface area contributed by atoms with E-state index in [4.69, 9.17) is 9.84 Å². The average Bonchev–Trinajstić information content (AvgIpc) is 2.47. The highest BCUT2D eigenvalue weighted by Crippen LogP contribution is 2.29. The van der Waals surface area contributed by atoms with Gasteiger partial charge < -0.3 is 9.84 Å². The van der Waals surface area contributed by atoms with Gasteiger partial charge in [0.2, 0.25) is 0 Å². The molecule has 0 amide bonds. The van der Waals surface area contributed by atoms with E-state index in [1.165, 1.54) is 12.1 Å². The van der Waals surface area contributed by atoms with Gasteiger partial charge in [0.05, 0.1) is 25.9 Å². The summed E-state index contributed by atoms with van der Waals surface area (Å²) in [5.74, 6) is -2.82. The minimum absolute atomic E-state index is 0.00624. The van der Waals surface area contributed by atoms with Crippen LogP contribution >= 0.6 is 0 Å². The number of piperidine rings is 1. The maximum Gasteiger partial charge on any atom is 0.285 e. The Morgan fingerprint density at radius 1 is 1.20 bits per heavy atom. The molecule has 0 bridgehead atoms. The van der Waals surface area contributed by atoms with Crippen LogP contribution in [0.5, 0.6) is 0 Å². The Morgan fingerprint density at radius 2 is 1.85 bits per heavy atom. The molecule has 0 radical (unpaired) electrons. The van der Waals surface area contributed by atoms with Crippen LogP contribution in [0.4, 0.5) is 8.78 Å². The Balaban J connectivity index is 1.83. The third kappa shape index (κ3) is 4.23. The second-order valence-electron chi connectivity index (χ2n) is 5.14. The summed E-state index contributed by atoms with van der Waals surface area (Å²) >= 11 is 0. The number of aliphatic hydroxyl groups is 1. The molecule has 1 aliphatic rings. The Kier molecular flexibility index (Phi) is 5.46. The normalized spacial score (nSPS) is 18.4. The summed E-state index contributed by atoms with van der Waals surface area (Å²) in [6.07, 6.45) is 1.57. The zero-order chi connectivity index (χ0) is 14.4. The Morgan fingerprint density at radius 3 is 2.45 bits per heavy atom. The summed E-state index contributed by atoms with van der Waals surface area (Å²) in [5.41, 5.74) is 0.0682. The minimum atomic E-state index is -2.82. The number of benzene rings is 1. The summed E-state index contributed by atoms with van der Waals surface area (Å²) in [5, 5.41) is 8.69. The van der Waals surface area contributed by atoms with Gasteiger partial charge in [0.25, 0.3) is 5.92 Å². The van der Waals surface area contributed by atoms with E-state index in [2.05, 4.69) is 0 Å². The van der Waals surface area contributed by atoms with Gasteiger partial charge >= 0.3 is 0 Å². The maximum absolute atomic E-state index is 14.1. The molecule has 1 heterocycles. The summed E-state index contributed by atoms with van der Waals surface area (Å²) in [6, 6.07) is 7.95. The molecule has 1 N–H and O–H groups in total. The second kappa shape index (κ2) is 7.11. The van der Waals surface area contributed by atoms with Crippen LogP contribution in [-0.2, 0) is 10.7 Å². The zero-order valence-electron chi connectivity index (χ0n) is 11.5. The molecule has 112 valence electrons. The molecule has 5 heteroatoms. The lowest BCUT2D eigenvalue weighted by Crippen LogP contribution is -2.42. The smallest absolute Gasteiger partial charge is 0.285 e. The largest absolute Gasteiger partial charge is 0.394 e. The Hall–Kier alpha value is -1.04. The van der Waals surface area contributed by atoms with E-state index in [0.29, 0.717) is 19.7 Å². The van der Waals surface area contributed by atoms with Crippen molar-refractivity contribution in [1.29, 1.82) is 0 Å². The molecule has 1 saturated heterocycles. The van der Waals surface area contributed by atoms with Crippen LogP contribution in [0.1, 0.15) is 18.4 Å². The van der Waals surface area contributed by atoms with E-state index < -0.39 is 5.92 Å². The van der Waals surface area contributed by atoms with Gasteiger partial charge in [-0.1, -0.05) is 30.3 Å². The maximum atomic E-state index is 14.1. The first kappa shape index (κ1) is 15.4. The molecule has 1 aromatic rings. The highest BCUT2D eigenvalue weighted by Gasteiger charge is 2.35. The summed E-state index contributed by atoms with van der Waals surface area (Å²) in [7, 11) is 0. The molecule has 0 saturated carbocycles. The van der Waals surface area contributed by atoms with Crippen molar-refractivity contribution in [3.8, 4) is 0 Å². The molecule has 3 nitrogen and oxygen atoms in total. The zero-order valence-corrected chi connectivity index (χ0v) is 11.5. The molecule has 0 aromatic heterocycles. The first-order valence-electron chi connectivity index (χ1n) is 7.00. The number of halogens is 2. The molecular weight excluding hydrogens is 264 g/mol. The quantitative estimate of drug-likeness (QED) is 0.870. The fourth-order valence-corrected chi connectivity index (χ4v) is 2.51. The van der Waals surface area contributed by atoms with Gasteiger partial charge in [-0.15, -0.1) is 0 Å². The van der Waals surface area contributed by atoms with Crippen molar-refractivity contribution in [2.24, 2.45) is 0 Å². The number of likely N-dealkylation sites (tertiary alicyclic amines) is 1. The van der Waals surface area contributed by atoms with Gasteiger partial charge in [-0.25, -0.2) is 0 Å². The SMILES string of the molecule is OCCOC1CCN(CC(F)(F)c2ccccc2)CC1. The van der Waals surface area contributed by atoms with Crippen molar-refractivity contribution < 1.29 is 18.6 Å². The van der Waals surface area contributed by atoms with Gasteiger partial charge in [-0.2, -0.15) is 8.78 Å². The molecular formula is C15H21F2NO2. The van der Waals surface area contributed by atoms with E-state index in [-0.39, 0.29) is 24.8 Å². The van der Waals surface area contributed by atoms with Crippen molar-refractivity contribution in [3.05, 3.63) is 35.9 Å². The Labute approximate surface area is 118 Å². The number of aliphatic hydroxyl groups excluding tert-OH is 1. The lowest BCUT2D eigenvalue weighted by atomic mass is 10.0. The topological polar surface area (TPSA) is 32.7 Å². The van der Waals surface area contributed by atoms with Crippen LogP contribution in [0, 0.1) is 0 Å². The second-order valence-corrected chi connectivity index (χ2v) is 5.14. The van der Waals surface area contributed by atoms with Gasteiger partial charge in [0.15, 0.2) is 0 Å². The number of alkyl halides is 2. The van der Waals surface area contributed by atoms with E-state index in [1.54, 1.807) is 23.1 Å². The lowest BCUT2D eigenvalue weighted by Gasteiger charge is -2.34. The molecule has 0 aliphatic carbocycles. The highest BCUT2D eigenvalue weighted by molar-refractivity contribution is 5.20. The van der Waals surface area contributed by atoms with E-state index in [9.17, 15) is 8.78 Å².